The maximum atomic E-state index is 12.5. The number of benzene rings is 3. The maximum Gasteiger partial charge on any atom is 0.255 e. The van der Waals surface area contributed by atoms with Crippen molar-refractivity contribution in [3.8, 4) is 5.75 Å². The summed E-state index contributed by atoms with van der Waals surface area (Å²) in [5, 5.41) is 9.53. The highest BCUT2D eigenvalue weighted by Gasteiger charge is 2.15. The van der Waals surface area contributed by atoms with Gasteiger partial charge in [-0.3, -0.25) is 9.59 Å². The smallest absolute Gasteiger partial charge is 0.255 e. The van der Waals surface area contributed by atoms with E-state index in [1.165, 1.54) is 0 Å². The molecule has 0 fully saturated rings. The van der Waals surface area contributed by atoms with E-state index in [2.05, 4.69) is 16.0 Å². The van der Waals surface area contributed by atoms with Gasteiger partial charge in [-0.05, 0) is 61.5 Å². The zero-order valence-corrected chi connectivity index (χ0v) is 18.4. The number of ether oxygens (including phenoxy) is 1. The third kappa shape index (κ3) is 5.90. The van der Waals surface area contributed by atoms with Gasteiger partial charge in [0.15, 0.2) is 0 Å². The number of rotatable bonds is 7. The van der Waals surface area contributed by atoms with Crippen LogP contribution < -0.4 is 20.7 Å². The fraction of sp³-hybridized carbons (Fsp3) is 0.130. The number of anilines is 3. The molecule has 0 spiro atoms. The largest absolute Gasteiger partial charge is 0.495 e. The molecule has 1 atom stereocenters. The Bertz CT molecular complexity index is 1090. The SMILES string of the molecule is COc1ccccc1NC(=O)c1ccc(N[C@H](C)C(=O)Nc2cc(Cl)ccc2Cl)cc1. The lowest BCUT2D eigenvalue weighted by atomic mass is 10.1. The van der Waals surface area contributed by atoms with Crippen LogP contribution in [-0.2, 0) is 4.79 Å². The van der Waals surface area contributed by atoms with Crippen molar-refractivity contribution in [3.63, 3.8) is 0 Å². The van der Waals surface area contributed by atoms with Crippen LogP contribution in [0.2, 0.25) is 10.0 Å². The molecule has 6 nitrogen and oxygen atoms in total. The van der Waals surface area contributed by atoms with E-state index in [0.717, 1.165) is 0 Å². The Kier molecular flexibility index (Phi) is 7.39. The molecule has 0 aliphatic rings. The molecule has 3 aromatic rings. The van der Waals surface area contributed by atoms with Crippen molar-refractivity contribution < 1.29 is 14.3 Å². The van der Waals surface area contributed by atoms with Crippen LogP contribution >= 0.6 is 23.2 Å². The predicted octanol–water partition coefficient (Wildman–Crippen LogP) is 5.69. The lowest BCUT2D eigenvalue weighted by molar-refractivity contribution is -0.116. The second kappa shape index (κ2) is 10.2. The summed E-state index contributed by atoms with van der Waals surface area (Å²) >= 11 is 12.0. The van der Waals surface area contributed by atoms with Gasteiger partial charge in [0, 0.05) is 16.3 Å². The molecule has 31 heavy (non-hydrogen) atoms. The van der Waals surface area contributed by atoms with Crippen molar-refractivity contribution in [2.24, 2.45) is 0 Å². The number of methoxy groups -OCH3 is 1. The van der Waals surface area contributed by atoms with Gasteiger partial charge in [0.1, 0.15) is 11.8 Å². The molecule has 0 bridgehead atoms. The minimum atomic E-state index is -0.552. The molecular weight excluding hydrogens is 437 g/mol. The monoisotopic (exact) mass is 457 g/mol. The Morgan fingerprint density at radius 3 is 2.32 bits per heavy atom. The molecule has 0 saturated heterocycles. The van der Waals surface area contributed by atoms with E-state index in [4.69, 9.17) is 27.9 Å². The second-order valence-electron chi connectivity index (χ2n) is 6.71. The molecule has 2 amide bonds. The molecule has 0 heterocycles. The summed E-state index contributed by atoms with van der Waals surface area (Å²) in [4.78, 5) is 25.0. The first-order chi connectivity index (χ1) is 14.9. The number of halogens is 2. The Hall–Kier alpha value is -3.22. The molecule has 8 heteroatoms. The molecule has 0 saturated carbocycles. The third-order valence-electron chi connectivity index (χ3n) is 4.46. The summed E-state index contributed by atoms with van der Waals surface area (Å²) in [7, 11) is 1.54. The van der Waals surface area contributed by atoms with Crippen LogP contribution in [0.15, 0.2) is 66.7 Å². The molecule has 0 unspecified atom stereocenters. The number of hydrogen-bond donors (Lipinski definition) is 3. The summed E-state index contributed by atoms with van der Waals surface area (Å²) in [6, 6.07) is 18.3. The molecule has 0 radical (unpaired) electrons. The van der Waals surface area contributed by atoms with Crippen LogP contribution in [0.5, 0.6) is 5.75 Å². The molecular formula is C23H21Cl2N3O3. The van der Waals surface area contributed by atoms with Crippen molar-refractivity contribution >= 4 is 52.1 Å². The lowest BCUT2D eigenvalue weighted by Crippen LogP contribution is -2.32. The zero-order valence-electron chi connectivity index (χ0n) is 16.9. The summed E-state index contributed by atoms with van der Waals surface area (Å²) in [6.07, 6.45) is 0. The highest BCUT2D eigenvalue weighted by atomic mass is 35.5. The van der Waals surface area contributed by atoms with Crippen molar-refractivity contribution in [3.05, 3.63) is 82.3 Å². The maximum absolute atomic E-state index is 12.5. The Morgan fingerprint density at radius 1 is 0.903 bits per heavy atom. The fourth-order valence-electron chi connectivity index (χ4n) is 2.81. The molecule has 0 aliphatic carbocycles. The third-order valence-corrected chi connectivity index (χ3v) is 5.03. The van der Waals surface area contributed by atoms with Gasteiger partial charge in [-0.25, -0.2) is 0 Å². The summed E-state index contributed by atoms with van der Waals surface area (Å²) in [5.74, 6) is 0.0355. The van der Waals surface area contributed by atoms with Crippen LogP contribution in [-0.4, -0.2) is 25.0 Å². The van der Waals surface area contributed by atoms with Gasteiger partial charge in [0.2, 0.25) is 5.91 Å². The summed E-state index contributed by atoms with van der Waals surface area (Å²) < 4.78 is 5.25. The quantitative estimate of drug-likeness (QED) is 0.425. The number of amides is 2. The Morgan fingerprint density at radius 2 is 1.61 bits per heavy atom. The van der Waals surface area contributed by atoms with Crippen molar-refractivity contribution in [2.75, 3.05) is 23.1 Å². The standard InChI is InChI=1S/C23H21Cl2N3O3/c1-14(22(29)28-20-13-16(24)9-12-18(20)25)26-17-10-7-15(8-11-17)23(30)27-19-5-3-4-6-21(19)31-2/h3-14,26H,1-2H3,(H,27,30)(H,28,29)/t14-/m1/s1. The first-order valence-corrected chi connectivity index (χ1v) is 10.2. The fourth-order valence-corrected chi connectivity index (χ4v) is 3.15. The highest BCUT2D eigenvalue weighted by Crippen LogP contribution is 2.26. The summed E-state index contributed by atoms with van der Waals surface area (Å²) in [6.45, 7) is 1.72. The average molecular weight is 458 g/mol. The van der Waals surface area contributed by atoms with Crippen molar-refractivity contribution in [1.82, 2.24) is 0 Å². The zero-order chi connectivity index (χ0) is 22.4. The normalized spacial score (nSPS) is 11.4. The first-order valence-electron chi connectivity index (χ1n) is 9.44. The molecule has 3 N–H and O–H groups in total. The van der Waals surface area contributed by atoms with E-state index in [-0.39, 0.29) is 11.8 Å². The summed E-state index contributed by atoms with van der Waals surface area (Å²) in [5.41, 5.74) is 2.19. The Labute approximate surface area is 190 Å². The number of carbonyl (C=O) groups is 2. The van der Waals surface area contributed by atoms with E-state index >= 15 is 0 Å². The molecule has 0 aromatic heterocycles. The van der Waals surface area contributed by atoms with E-state index in [1.807, 2.05) is 12.1 Å². The average Bonchev–Trinajstić information content (AvgIpc) is 2.77. The number of carbonyl (C=O) groups excluding carboxylic acids is 2. The van der Waals surface area contributed by atoms with Crippen molar-refractivity contribution in [1.29, 1.82) is 0 Å². The first kappa shape index (κ1) is 22.5. The minimum absolute atomic E-state index is 0.266. The van der Waals surface area contributed by atoms with Crippen LogP contribution in [0.3, 0.4) is 0 Å². The van der Waals surface area contributed by atoms with Crippen LogP contribution in [0.1, 0.15) is 17.3 Å². The van der Waals surface area contributed by atoms with Crippen LogP contribution in [0, 0.1) is 0 Å². The number of para-hydroxylation sites is 2. The minimum Gasteiger partial charge on any atom is -0.495 e. The van der Waals surface area contributed by atoms with Gasteiger partial charge >= 0.3 is 0 Å². The molecule has 3 aromatic carbocycles. The second-order valence-corrected chi connectivity index (χ2v) is 7.55. The van der Waals surface area contributed by atoms with Gasteiger partial charge in [-0.2, -0.15) is 0 Å². The van der Waals surface area contributed by atoms with Gasteiger partial charge in [0.25, 0.3) is 5.91 Å². The predicted molar refractivity (Wildman–Crippen MR) is 126 cm³/mol. The van der Waals surface area contributed by atoms with Gasteiger partial charge in [-0.15, -0.1) is 0 Å². The van der Waals surface area contributed by atoms with E-state index in [1.54, 1.807) is 68.6 Å². The van der Waals surface area contributed by atoms with Crippen molar-refractivity contribution in [2.45, 2.75) is 13.0 Å². The van der Waals surface area contributed by atoms with Gasteiger partial charge < -0.3 is 20.7 Å². The van der Waals surface area contributed by atoms with Gasteiger partial charge in [-0.1, -0.05) is 35.3 Å². The van der Waals surface area contributed by atoms with E-state index in [9.17, 15) is 9.59 Å². The molecule has 3 rings (SSSR count). The van der Waals surface area contributed by atoms with E-state index < -0.39 is 6.04 Å². The van der Waals surface area contributed by atoms with Gasteiger partial charge in [0.05, 0.1) is 23.5 Å². The number of hydrogen-bond acceptors (Lipinski definition) is 4. The van der Waals surface area contributed by atoms with Crippen LogP contribution in [0.25, 0.3) is 0 Å². The molecule has 160 valence electrons. The number of nitrogens with one attached hydrogen (secondary N) is 3. The Balaban J connectivity index is 1.61. The lowest BCUT2D eigenvalue weighted by Gasteiger charge is -2.16. The topological polar surface area (TPSA) is 79.5 Å². The van der Waals surface area contributed by atoms with Crippen LogP contribution in [0.4, 0.5) is 17.1 Å². The highest BCUT2D eigenvalue weighted by molar-refractivity contribution is 6.35. The molecule has 0 aliphatic heterocycles. The van der Waals surface area contributed by atoms with E-state index in [0.29, 0.717) is 38.4 Å².